The molecule has 2 N–H and O–H groups in total. The van der Waals surface area contributed by atoms with Gasteiger partial charge in [-0.25, -0.2) is 0 Å². The highest BCUT2D eigenvalue weighted by molar-refractivity contribution is 5.89. The van der Waals surface area contributed by atoms with Crippen LogP contribution in [0.15, 0.2) is 24.3 Å². The van der Waals surface area contributed by atoms with E-state index in [1.165, 1.54) is 19.3 Å². The molecule has 1 aliphatic rings. The van der Waals surface area contributed by atoms with Gasteiger partial charge in [0, 0.05) is 12.8 Å². The molecule has 28 heavy (non-hydrogen) atoms. The maximum atomic E-state index is 12.1. The van der Waals surface area contributed by atoms with E-state index in [0.717, 1.165) is 44.9 Å². The number of carboxylic acids is 1. The molecule has 0 aromatic heterocycles. The lowest BCUT2D eigenvalue weighted by Crippen LogP contribution is -2.31. The van der Waals surface area contributed by atoms with Crippen LogP contribution in [0.2, 0.25) is 0 Å². The van der Waals surface area contributed by atoms with Crippen molar-refractivity contribution in [2.75, 3.05) is 0 Å². The van der Waals surface area contributed by atoms with Gasteiger partial charge in [-0.05, 0) is 69.8 Å². The van der Waals surface area contributed by atoms with Crippen molar-refractivity contribution in [2.24, 2.45) is 11.8 Å². The summed E-state index contributed by atoms with van der Waals surface area (Å²) in [5.74, 6) is -0.154. The third-order valence-electron chi connectivity index (χ3n) is 5.92. The largest absolute Gasteiger partial charge is 0.481 e. The van der Waals surface area contributed by atoms with Gasteiger partial charge in [-0.1, -0.05) is 50.8 Å². The Hall–Kier alpha value is -1.42. The van der Waals surface area contributed by atoms with Crippen molar-refractivity contribution in [3.63, 3.8) is 0 Å². The quantitative estimate of drug-likeness (QED) is 0.208. The summed E-state index contributed by atoms with van der Waals surface area (Å²) in [6.07, 6.45) is 19.6. The average Bonchev–Trinajstić information content (AvgIpc) is 2.92. The molecule has 0 saturated heterocycles. The number of aliphatic carboxylic acids is 1. The number of carbonyl (C=O) groups is 2. The standard InChI is InChI=1S/C24H40O4/c1-3-4-5-7-10-13-21(25)17-16-20-18-19-24(2,28)22(20)14-11-8-6-9-12-15-23(26)27/h8,11,16-17,20,22,28H,3-7,9-10,12-15,18-19H2,1-2H3,(H,26,27). The lowest BCUT2D eigenvalue weighted by Gasteiger charge is -2.27. The second-order valence-electron chi connectivity index (χ2n) is 8.50. The van der Waals surface area contributed by atoms with Crippen LogP contribution in [-0.2, 0) is 9.59 Å². The highest BCUT2D eigenvalue weighted by Gasteiger charge is 2.41. The first-order valence-electron chi connectivity index (χ1n) is 11.2. The van der Waals surface area contributed by atoms with Crippen molar-refractivity contribution in [3.8, 4) is 0 Å². The Morgan fingerprint density at radius 3 is 2.46 bits per heavy atom. The second-order valence-corrected chi connectivity index (χ2v) is 8.50. The number of rotatable bonds is 15. The lowest BCUT2D eigenvalue weighted by atomic mass is 9.84. The van der Waals surface area contributed by atoms with Crippen molar-refractivity contribution < 1.29 is 19.8 Å². The molecule has 1 rings (SSSR count). The van der Waals surface area contributed by atoms with Crippen LogP contribution in [0.4, 0.5) is 0 Å². The molecule has 4 heteroatoms. The van der Waals surface area contributed by atoms with Crippen LogP contribution in [0, 0.1) is 11.8 Å². The summed E-state index contributed by atoms with van der Waals surface area (Å²) in [6, 6.07) is 0. The molecule has 0 spiro atoms. The summed E-state index contributed by atoms with van der Waals surface area (Å²) < 4.78 is 0. The Morgan fingerprint density at radius 1 is 1.04 bits per heavy atom. The van der Waals surface area contributed by atoms with Crippen LogP contribution in [-0.4, -0.2) is 27.6 Å². The predicted octanol–water partition coefficient (Wildman–Crippen LogP) is 5.84. The van der Waals surface area contributed by atoms with Gasteiger partial charge in [0.2, 0.25) is 0 Å². The van der Waals surface area contributed by atoms with Crippen molar-refractivity contribution in [3.05, 3.63) is 24.3 Å². The predicted molar refractivity (Wildman–Crippen MR) is 114 cm³/mol. The van der Waals surface area contributed by atoms with Gasteiger partial charge in [0.1, 0.15) is 0 Å². The maximum absolute atomic E-state index is 12.1. The molecule has 1 aliphatic carbocycles. The minimum Gasteiger partial charge on any atom is -0.481 e. The molecule has 3 unspecified atom stereocenters. The third-order valence-corrected chi connectivity index (χ3v) is 5.92. The van der Waals surface area contributed by atoms with Gasteiger partial charge in [0.05, 0.1) is 5.60 Å². The van der Waals surface area contributed by atoms with Gasteiger partial charge >= 0.3 is 5.97 Å². The zero-order chi connectivity index (χ0) is 20.8. The van der Waals surface area contributed by atoms with Gasteiger partial charge in [-0.2, -0.15) is 0 Å². The fourth-order valence-corrected chi connectivity index (χ4v) is 4.08. The fourth-order valence-electron chi connectivity index (χ4n) is 4.08. The highest BCUT2D eigenvalue weighted by Crippen LogP contribution is 2.43. The molecule has 0 amide bonds. The number of allylic oxidation sites excluding steroid dienone is 4. The van der Waals surface area contributed by atoms with E-state index in [1.54, 1.807) is 6.08 Å². The SMILES string of the molecule is CCCCCCCC(=O)C=CC1CCC(C)(O)C1CC=CCCCCC(=O)O. The van der Waals surface area contributed by atoms with Crippen molar-refractivity contribution in [1.29, 1.82) is 0 Å². The molecule has 1 saturated carbocycles. The summed E-state index contributed by atoms with van der Waals surface area (Å²) in [5, 5.41) is 19.3. The monoisotopic (exact) mass is 392 g/mol. The molecule has 0 aliphatic heterocycles. The zero-order valence-corrected chi connectivity index (χ0v) is 17.9. The molecule has 4 nitrogen and oxygen atoms in total. The first-order chi connectivity index (χ1) is 13.4. The van der Waals surface area contributed by atoms with E-state index in [1.807, 2.05) is 13.0 Å². The average molecular weight is 393 g/mol. The van der Waals surface area contributed by atoms with Crippen LogP contribution < -0.4 is 0 Å². The summed E-state index contributed by atoms with van der Waals surface area (Å²) in [5.41, 5.74) is -0.689. The first-order valence-corrected chi connectivity index (χ1v) is 11.2. The van der Waals surface area contributed by atoms with Crippen molar-refractivity contribution in [2.45, 2.75) is 103 Å². The Kier molecular flexibility index (Phi) is 12.1. The van der Waals surface area contributed by atoms with E-state index in [0.29, 0.717) is 12.8 Å². The van der Waals surface area contributed by atoms with Crippen molar-refractivity contribution >= 4 is 11.8 Å². The van der Waals surface area contributed by atoms with Gasteiger partial charge in [-0.3, -0.25) is 9.59 Å². The molecule has 0 aromatic carbocycles. The van der Waals surface area contributed by atoms with E-state index in [-0.39, 0.29) is 24.0 Å². The van der Waals surface area contributed by atoms with Gasteiger partial charge in [0.25, 0.3) is 0 Å². The second kappa shape index (κ2) is 13.7. The number of aliphatic hydroxyl groups is 1. The van der Waals surface area contributed by atoms with E-state index in [9.17, 15) is 14.7 Å². The van der Waals surface area contributed by atoms with Crippen LogP contribution in [0.5, 0.6) is 0 Å². The van der Waals surface area contributed by atoms with Gasteiger partial charge < -0.3 is 10.2 Å². The third kappa shape index (κ3) is 10.2. The number of carboxylic acid groups (broad SMARTS) is 1. The fraction of sp³-hybridized carbons (Fsp3) is 0.750. The normalized spacial score (nSPS) is 25.1. The molecule has 0 heterocycles. The van der Waals surface area contributed by atoms with Crippen LogP contribution >= 0.6 is 0 Å². The molecule has 0 bridgehead atoms. The number of hydrogen-bond acceptors (Lipinski definition) is 3. The molecular weight excluding hydrogens is 352 g/mol. The molecule has 0 aromatic rings. The molecule has 1 fully saturated rings. The van der Waals surface area contributed by atoms with Gasteiger partial charge in [-0.15, -0.1) is 0 Å². The zero-order valence-electron chi connectivity index (χ0n) is 17.9. The number of ketones is 1. The maximum Gasteiger partial charge on any atom is 0.303 e. The van der Waals surface area contributed by atoms with Crippen molar-refractivity contribution in [1.82, 2.24) is 0 Å². The first kappa shape index (κ1) is 24.6. The smallest absolute Gasteiger partial charge is 0.303 e. The van der Waals surface area contributed by atoms with E-state index in [4.69, 9.17) is 5.11 Å². The minimum absolute atomic E-state index is 0.136. The lowest BCUT2D eigenvalue weighted by molar-refractivity contribution is -0.137. The van der Waals surface area contributed by atoms with Crippen LogP contribution in [0.25, 0.3) is 0 Å². The molecule has 0 radical (unpaired) electrons. The Bertz CT molecular complexity index is 519. The minimum atomic E-state index is -0.740. The molecular formula is C24H40O4. The summed E-state index contributed by atoms with van der Waals surface area (Å²) in [6.45, 7) is 4.09. The Labute approximate surface area is 171 Å². The van der Waals surface area contributed by atoms with E-state index in [2.05, 4.69) is 19.1 Å². The Balaban J connectivity index is 2.39. The van der Waals surface area contributed by atoms with Gasteiger partial charge in [0.15, 0.2) is 5.78 Å². The number of hydrogen-bond donors (Lipinski definition) is 2. The van der Waals surface area contributed by atoms with Crippen LogP contribution in [0.3, 0.4) is 0 Å². The molecule has 160 valence electrons. The summed E-state index contributed by atoms with van der Waals surface area (Å²) in [7, 11) is 0. The number of carbonyl (C=O) groups excluding carboxylic acids is 1. The Morgan fingerprint density at radius 2 is 1.75 bits per heavy atom. The summed E-state index contributed by atoms with van der Waals surface area (Å²) >= 11 is 0. The summed E-state index contributed by atoms with van der Waals surface area (Å²) in [4.78, 5) is 22.6. The van der Waals surface area contributed by atoms with E-state index < -0.39 is 11.6 Å². The van der Waals surface area contributed by atoms with E-state index >= 15 is 0 Å². The van der Waals surface area contributed by atoms with Crippen LogP contribution in [0.1, 0.15) is 97.3 Å². The highest BCUT2D eigenvalue weighted by atomic mass is 16.4. The topological polar surface area (TPSA) is 74.6 Å². The number of unbranched alkanes of at least 4 members (excludes halogenated alkanes) is 6. The molecule has 3 atom stereocenters.